The summed E-state index contributed by atoms with van der Waals surface area (Å²) < 4.78 is 2.07. The molecule has 0 N–H and O–H groups in total. The molecule has 0 amide bonds. The van der Waals surface area contributed by atoms with Crippen molar-refractivity contribution in [3.63, 3.8) is 0 Å². The third-order valence-corrected chi connectivity index (χ3v) is 5.09. The molecule has 0 bridgehead atoms. The summed E-state index contributed by atoms with van der Waals surface area (Å²) in [5, 5.41) is 18.6. The molecule has 0 saturated heterocycles. The van der Waals surface area contributed by atoms with Crippen LogP contribution in [0.15, 0.2) is 59.8 Å². The number of nitrogens with zero attached hydrogens (tertiary/aromatic N) is 4. The highest BCUT2D eigenvalue weighted by molar-refractivity contribution is 8.00. The Balaban J connectivity index is 1.75. The van der Waals surface area contributed by atoms with E-state index in [0.717, 1.165) is 16.5 Å². The largest absolute Gasteiger partial charge is 0.302 e. The number of rotatable bonds is 6. The topological polar surface area (TPSA) is 54.5 Å². The molecule has 3 aromatic rings. The molecule has 2 aromatic carbocycles. The SMILES string of the molecule is Cc1ccc(C[C@H](C#N)Sc2nnc(C)n2Cc2ccccc2)cc1. The van der Waals surface area contributed by atoms with E-state index in [-0.39, 0.29) is 5.25 Å². The first-order valence-electron chi connectivity index (χ1n) is 8.21. The van der Waals surface area contributed by atoms with Gasteiger partial charge in [0.2, 0.25) is 0 Å². The predicted molar refractivity (Wildman–Crippen MR) is 100 cm³/mol. The normalized spacial score (nSPS) is 11.9. The van der Waals surface area contributed by atoms with Gasteiger partial charge in [0.15, 0.2) is 5.16 Å². The lowest BCUT2D eigenvalue weighted by Gasteiger charge is -2.11. The van der Waals surface area contributed by atoms with Crippen molar-refractivity contribution >= 4 is 11.8 Å². The second kappa shape index (κ2) is 8.00. The van der Waals surface area contributed by atoms with Crippen molar-refractivity contribution in [2.45, 2.75) is 37.2 Å². The minimum atomic E-state index is -0.194. The Morgan fingerprint density at radius 3 is 2.40 bits per heavy atom. The van der Waals surface area contributed by atoms with Crippen LogP contribution in [0.5, 0.6) is 0 Å². The average Bonchev–Trinajstić information content (AvgIpc) is 2.97. The summed E-state index contributed by atoms with van der Waals surface area (Å²) in [6.45, 7) is 4.72. The quantitative estimate of drug-likeness (QED) is 0.627. The molecular weight excluding hydrogens is 328 g/mol. The van der Waals surface area contributed by atoms with Gasteiger partial charge in [-0.2, -0.15) is 5.26 Å². The minimum Gasteiger partial charge on any atom is -0.302 e. The van der Waals surface area contributed by atoms with Crippen LogP contribution >= 0.6 is 11.8 Å². The van der Waals surface area contributed by atoms with Gasteiger partial charge in [-0.1, -0.05) is 71.9 Å². The van der Waals surface area contributed by atoms with E-state index in [1.807, 2.05) is 25.1 Å². The fourth-order valence-corrected chi connectivity index (χ4v) is 3.57. The van der Waals surface area contributed by atoms with Crippen molar-refractivity contribution in [1.82, 2.24) is 14.8 Å². The predicted octanol–water partition coefficient (Wildman–Crippen LogP) is 4.17. The van der Waals surface area contributed by atoms with Gasteiger partial charge in [0.25, 0.3) is 0 Å². The Hall–Kier alpha value is -2.58. The monoisotopic (exact) mass is 348 g/mol. The molecule has 5 heteroatoms. The van der Waals surface area contributed by atoms with E-state index in [9.17, 15) is 5.26 Å². The van der Waals surface area contributed by atoms with Crippen LogP contribution in [-0.2, 0) is 13.0 Å². The molecule has 1 atom stereocenters. The van der Waals surface area contributed by atoms with Gasteiger partial charge >= 0.3 is 0 Å². The van der Waals surface area contributed by atoms with E-state index in [1.165, 1.54) is 22.9 Å². The van der Waals surface area contributed by atoms with Gasteiger partial charge in [-0.25, -0.2) is 0 Å². The van der Waals surface area contributed by atoms with Crippen LogP contribution < -0.4 is 0 Å². The standard InChI is InChI=1S/C20H20N4S/c1-15-8-10-17(11-9-15)12-19(13-21)25-20-23-22-16(2)24(20)14-18-6-4-3-5-7-18/h3-11,19H,12,14H2,1-2H3/t19-/m1/s1. The van der Waals surface area contributed by atoms with Gasteiger partial charge in [0, 0.05) is 0 Å². The third kappa shape index (κ3) is 4.49. The zero-order valence-electron chi connectivity index (χ0n) is 14.4. The molecule has 126 valence electrons. The van der Waals surface area contributed by atoms with Crippen LogP contribution in [0, 0.1) is 25.2 Å². The Morgan fingerprint density at radius 1 is 1.00 bits per heavy atom. The van der Waals surface area contributed by atoms with Crippen molar-refractivity contribution in [1.29, 1.82) is 5.26 Å². The fourth-order valence-electron chi connectivity index (χ4n) is 2.58. The summed E-state index contributed by atoms with van der Waals surface area (Å²) >= 11 is 1.48. The molecule has 0 fully saturated rings. The smallest absolute Gasteiger partial charge is 0.192 e. The highest BCUT2D eigenvalue weighted by Gasteiger charge is 2.17. The Labute approximate surface area is 152 Å². The summed E-state index contributed by atoms with van der Waals surface area (Å²) in [7, 11) is 0. The van der Waals surface area contributed by atoms with Crippen LogP contribution in [-0.4, -0.2) is 20.0 Å². The molecule has 0 aliphatic heterocycles. The molecule has 0 aliphatic rings. The van der Waals surface area contributed by atoms with Gasteiger partial charge < -0.3 is 4.57 Å². The number of aromatic nitrogens is 3. The van der Waals surface area contributed by atoms with Crippen LogP contribution in [0.3, 0.4) is 0 Å². The van der Waals surface area contributed by atoms with Crippen LogP contribution in [0.1, 0.15) is 22.5 Å². The number of nitriles is 1. The van der Waals surface area contributed by atoms with Gasteiger partial charge in [0.05, 0.1) is 12.6 Å². The van der Waals surface area contributed by atoms with Crippen molar-refractivity contribution in [2.24, 2.45) is 0 Å². The van der Waals surface area contributed by atoms with Crippen LogP contribution in [0.2, 0.25) is 0 Å². The number of benzene rings is 2. The second-order valence-corrected chi connectivity index (χ2v) is 7.20. The Morgan fingerprint density at radius 2 is 1.72 bits per heavy atom. The number of aryl methyl sites for hydroxylation is 2. The van der Waals surface area contributed by atoms with Gasteiger partial charge in [-0.05, 0) is 31.4 Å². The van der Waals surface area contributed by atoms with Crippen LogP contribution in [0.25, 0.3) is 0 Å². The van der Waals surface area contributed by atoms with Crippen molar-refractivity contribution < 1.29 is 0 Å². The molecule has 4 nitrogen and oxygen atoms in total. The molecule has 0 saturated carbocycles. The fraction of sp³-hybridized carbons (Fsp3) is 0.250. The third-order valence-electron chi connectivity index (χ3n) is 4.02. The van der Waals surface area contributed by atoms with E-state index in [4.69, 9.17) is 0 Å². The number of hydrogen-bond donors (Lipinski definition) is 0. The molecule has 1 heterocycles. The highest BCUT2D eigenvalue weighted by Crippen LogP contribution is 2.25. The maximum atomic E-state index is 9.56. The average molecular weight is 348 g/mol. The maximum Gasteiger partial charge on any atom is 0.192 e. The van der Waals surface area contributed by atoms with E-state index >= 15 is 0 Å². The zero-order chi connectivity index (χ0) is 17.6. The Bertz CT molecular complexity index is 863. The lowest BCUT2D eigenvalue weighted by molar-refractivity contribution is 0.687. The van der Waals surface area contributed by atoms with Crippen molar-refractivity contribution in [3.05, 3.63) is 77.1 Å². The summed E-state index contributed by atoms with van der Waals surface area (Å²) in [4.78, 5) is 0. The summed E-state index contributed by atoms with van der Waals surface area (Å²) in [6.07, 6.45) is 0.693. The molecule has 0 spiro atoms. The zero-order valence-corrected chi connectivity index (χ0v) is 15.2. The first kappa shape index (κ1) is 17.2. The Kier molecular flexibility index (Phi) is 5.52. The molecule has 25 heavy (non-hydrogen) atoms. The summed E-state index contributed by atoms with van der Waals surface area (Å²) in [6, 6.07) is 20.9. The lowest BCUT2D eigenvalue weighted by atomic mass is 10.1. The van der Waals surface area contributed by atoms with Crippen molar-refractivity contribution in [3.8, 4) is 6.07 Å². The number of thioether (sulfide) groups is 1. The maximum absolute atomic E-state index is 9.56. The molecule has 0 radical (unpaired) electrons. The minimum absolute atomic E-state index is 0.194. The molecule has 1 aromatic heterocycles. The molecular formula is C20H20N4S. The summed E-state index contributed by atoms with van der Waals surface area (Å²) in [5.41, 5.74) is 3.58. The first-order chi connectivity index (χ1) is 12.2. The van der Waals surface area contributed by atoms with Gasteiger partial charge in [0.1, 0.15) is 11.1 Å². The van der Waals surface area contributed by atoms with Crippen molar-refractivity contribution in [2.75, 3.05) is 0 Å². The van der Waals surface area contributed by atoms with E-state index in [0.29, 0.717) is 13.0 Å². The molecule has 0 aliphatic carbocycles. The first-order valence-corrected chi connectivity index (χ1v) is 9.09. The molecule has 0 unspecified atom stereocenters. The van der Waals surface area contributed by atoms with E-state index in [2.05, 4.69) is 64.2 Å². The van der Waals surface area contributed by atoms with Crippen LogP contribution in [0.4, 0.5) is 0 Å². The highest BCUT2D eigenvalue weighted by atomic mass is 32.2. The second-order valence-electron chi connectivity index (χ2n) is 6.03. The van der Waals surface area contributed by atoms with E-state index in [1.54, 1.807) is 0 Å². The number of hydrogen-bond acceptors (Lipinski definition) is 4. The lowest BCUT2D eigenvalue weighted by Crippen LogP contribution is -2.09. The van der Waals surface area contributed by atoms with Gasteiger partial charge in [-0.15, -0.1) is 10.2 Å². The van der Waals surface area contributed by atoms with E-state index < -0.39 is 0 Å². The summed E-state index contributed by atoms with van der Waals surface area (Å²) in [5.74, 6) is 0.860. The van der Waals surface area contributed by atoms with Gasteiger partial charge in [-0.3, -0.25) is 0 Å². The molecule has 3 rings (SSSR count).